The molecule has 1 aromatic heterocycles. The van der Waals surface area contributed by atoms with E-state index >= 15 is 0 Å². The lowest BCUT2D eigenvalue weighted by Crippen LogP contribution is -1.99. The van der Waals surface area contributed by atoms with E-state index in [0.29, 0.717) is 6.54 Å². The minimum atomic E-state index is 0.166. The molecule has 0 unspecified atom stereocenters. The molecule has 0 saturated carbocycles. The van der Waals surface area contributed by atoms with Crippen LogP contribution in [-0.2, 0) is 13.0 Å². The SMILES string of the molecule is CCc1cn(CCO)c2ccc(OC)cc12. The van der Waals surface area contributed by atoms with Crippen LogP contribution in [0.3, 0.4) is 0 Å². The number of aromatic nitrogens is 1. The van der Waals surface area contributed by atoms with E-state index in [2.05, 4.69) is 23.8 Å². The number of hydrogen-bond acceptors (Lipinski definition) is 2. The Hall–Kier alpha value is -1.48. The number of aryl methyl sites for hydroxylation is 1. The molecule has 0 aliphatic heterocycles. The number of benzene rings is 1. The third kappa shape index (κ3) is 1.78. The zero-order valence-corrected chi connectivity index (χ0v) is 9.73. The molecule has 0 saturated heterocycles. The zero-order valence-electron chi connectivity index (χ0n) is 9.73. The Morgan fingerprint density at radius 3 is 2.81 bits per heavy atom. The van der Waals surface area contributed by atoms with Gasteiger partial charge < -0.3 is 14.4 Å². The standard InChI is InChI=1S/C13H17NO2/c1-3-10-9-14(6-7-15)13-5-4-11(16-2)8-12(10)13/h4-5,8-9,15H,3,6-7H2,1-2H3. The summed E-state index contributed by atoms with van der Waals surface area (Å²) in [7, 11) is 1.68. The van der Waals surface area contributed by atoms with E-state index in [1.165, 1.54) is 10.9 Å². The van der Waals surface area contributed by atoms with Gasteiger partial charge in [-0.3, -0.25) is 0 Å². The fourth-order valence-corrected chi connectivity index (χ4v) is 2.05. The highest BCUT2D eigenvalue weighted by Gasteiger charge is 2.07. The van der Waals surface area contributed by atoms with Crippen LogP contribution in [0.1, 0.15) is 12.5 Å². The Labute approximate surface area is 95.3 Å². The molecule has 1 aromatic carbocycles. The molecule has 0 fully saturated rings. The normalized spacial score (nSPS) is 10.9. The topological polar surface area (TPSA) is 34.4 Å². The predicted octanol–water partition coefficient (Wildman–Crippen LogP) is 2.20. The summed E-state index contributed by atoms with van der Waals surface area (Å²) in [5.41, 5.74) is 2.45. The second kappa shape index (κ2) is 4.58. The number of aliphatic hydroxyl groups excluding tert-OH is 1. The Kier molecular flexibility index (Phi) is 3.15. The molecule has 0 bridgehead atoms. The highest BCUT2D eigenvalue weighted by atomic mass is 16.5. The molecule has 0 amide bonds. The summed E-state index contributed by atoms with van der Waals surface area (Å²) < 4.78 is 7.32. The van der Waals surface area contributed by atoms with Crippen molar-refractivity contribution < 1.29 is 9.84 Å². The maximum atomic E-state index is 9.02. The molecular formula is C13H17NO2. The summed E-state index contributed by atoms with van der Waals surface area (Å²) in [6, 6.07) is 6.06. The minimum Gasteiger partial charge on any atom is -0.497 e. The van der Waals surface area contributed by atoms with Crippen molar-refractivity contribution in [2.45, 2.75) is 19.9 Å². The highest BCUT2D eigenvalue weighted by Crippen LogP contribution is 2.26. The highest BCUT2D eigenvalue weighted by molar-refractivity contribution is 5.85. The van der Waals surface area contributed by atoms with Crippen molar-refractivity contribution in [2.75, 3.05) is 13.7 Å². The quantitative estimate of drug-likeness (QED) is 0.855. The Balaban J connectivity index is 2.59. The molecule has 0 radical (unpaired) electrons. The molecule has 1 heterocycles. The average Bonchev–Trinajstić information content (AvgIpc) is 2.67. The lowest BCUT2D eigenvalue weighted by atomic mass is 10.1. The van der Waals surface area contributed by atoms with Gasteiger partial charge in [-0.25, -0.2) is 0 Å². The van der Waals surface area contributed by atoms with Gasteiger partial charge in [0.1, 0.15) is 5.75 Å². The van der Waals surface area contributed by atoms with E-state index in [0.717, 1.165) is 17.7 Å². The van der Waals surface area contributed by atoms with Gasteiger partial charge in [0.05, 0.1) is 13.7 Å². The van der Waals surface area contributed by atoms with Crippen LogP contribution in [0.15, 0.2) is 24.4 Å². The van der Waals surface area contributed by atoms with Crippen molar-refractivity contribution in [1.29, 1.82) is 0 Å². The summed E-state index contributed by atoms with van der Waals surface area (Å²) in [5.74, 6) is 0.879. The van der Waals surface area contributed by atoms with Gasteiger partial charge in [0, 0.05) is 23.6 Å². The smallest absolute Gasteiger partial charge is 0.119 e. The second-order valence-corrected chi connectivity index (χ2v) is 3.81. The first-order valence-corrected chi connectivity index (χ1v) is 5.56. The molecule has 2 rings (SSSR count). The van der Waals surface area contributed by atoms with Crippen molar-refractivity contribution in [3.8, 4) is 5.75 Å². The summed E-state index contributed by atoms with van der Waals surface area (Å²) >= 11 is 0. The third-order valence-corrected chi connectivity index (χ3v) is 2.89. The Morgan fingerprint density at radius 2 is 2.19 bits per heavy atom. The number of rotatable bonds is 4. The lowest BCUT2D eigenvalue weighted by molar-refractivity contribution is 0.278. The monoisotopic (exact) mass is 219 g/mol. The van der Waals surface area contributed by atoms with Gasteiger partial charge in [-0.15, -0.1) is 0 Å². The summed E-state index contributed by atoms with van der Waals surface area (Å²) in [6.45, 7) is 2.94. The van der Waals surface area contributed by atoms with Crippen LogP contribution in [-0.4, -0.2) is 23.4 Å². The van der Waals surface area contributed by atoms with E-state index in [4.69, 9.17) is 9.84 Å². The molecule has 0 aliphatic carbocycles. The van der Waals surface area contributed by atoms with Crippen LogP contribution < -0.4 is 4.74 Å². The lowest BCUT2D eigenvalue weighted by Gasteiger charge is -2.03. The number of ether oxygens (including phenoxy) is 1. The van der Waals surface area contributed by atoms with Crippen molar-refractivity contribution in [3.63, 3.8) is 0 Å². The minimum absolute atomic E-state index is 0.166. The molecule has 86 valence electrons. The van der Waals surface area contributed by atoms with Gasteiger partial charge in [0.15, 0.2) is 0 Å². The third-order valence-electron chi connectivity index (χ3n) is 2.89. The van der Waals surface area contributed by atoms with Crippen molar-refractivity contribution in [3.05, 3.63) is 30.0 Å². The molecule has 0 aliphatic rings. The van der Waals surface area contributed by atoms with Gasteiger partial charge in [0.25, 0.3) is 0 Å². The van der Waals surface area contributed by atoms with E-state index in [9.17, 15) is 0 Å². The maximum absolute atomic E-state index is 9.02. The first-order chi connectivity index (χ1) is 7.80. The molecule has 2 aromatic rings. The number of hydrogen-bond donors (Lipinski definition) is 1. The van der Waals surface area contributed by atoms with Gasteiger partial charge in [0.2, 0.25) is 0 Å². The first kappa shape index (κ1) is 11.0. The fourth-order valence-electron chi connectivity index (χ4n) is 2.05. The largest absolute Gasteiger partial charge is 0.497 e. The van der Waals surface area contributed by atoms with Crippen molar-refractivity contribution in [1.82, 2.24) is 4.57 Å². The van der Waals surface area contributed by atoms with Gasteiger partial charge in [-0.05, 0) is 30.2 Å². The molecule has 0 atom stereocenters. The van der Waals surface area contributed by atoms with Crippen LogP contribution in [0, 0.1) is 0 Å². The zero-order chi connectivity index (χ0) is 11.5. The fraction of sp³-hybridized carbons (Fsp3) is 0.385. The van der Waals surface area contributed by atoms with Crippen molar-refractivity contribution >= 4 is 10.9 Å². The number of nitrogens with zero attached hydrogens (tertiary/aromatic N) is 1. The van der Waals surface area contributed by atoms with Crippen LogP contribution in [0.2, 0.25) is 0 Å². The Bertz CT molecular complexity index is 488. The first-order valence-electron chi connectivity index (χ1n) is 5.56. The number of aliphatic hydroxyl groups is 1. The maximum Gasteiger partial charge on any atom is 0.119 e. The Morgan fingerprint density at radius 1 is 1.38 bits per heavy atom. The second-order valence-electron chi connectivity index (χ2n) is 3.81. The molecule has 3 heteroatoms. The van der Waals surface area contributed by atoms with Crippen molar-refractivity contribution in [2.24, 2.45) is 0 Å². The molecule has 3 nitrogen and oxygen atoms in total. The van der Waals surface area contributed by atoms with Crippen LogP contribution in [0.25, 0.3) is 10.9 Å². The summed E-state index contributed by atoms with van der Waals surface area (Å²) in [5, 5.41) is 10.2. The van der Waals surface area contributed by atoms with E-state index in [1.54, 1.807) is 7.11 Å². The predicted molar refractivity (Wildman–Crippen MR) is 65.0 cm³/mol. The van der Waals surface area contributed by atoms with Gasteiger partial charge in [-0.2, -0.15) is 0 Å². The van der Waals surface area contributed by atoms with E-state index in [-0.39, 0.29) is 6.61 Å². The molecule has 0 spiro atoms. The van der Waals surface area contributed by atoms with E-state index < -0.39 is 0 Å². The molecule has 1 N–H and O–H groups in total. The summed E-state index contributed by atoms with van der Waals surface area (Å²) in [6.07, 6.45) is 3.10. The molecular weight excluding hydrogens is 202 g/mol. The van der Waals surface area contributed by atoms with Crippen LogP contribution >= 0.6 is 0 Å². The van der Waals surface area contributed by atoms with Crippen LogP contribution in [0.4, 0.5) is 0 Å². The van der Waals surface area contributed by atoms with Crippen LogP contribution in [0.5, 0.6) is 5.75 Å². The van der Waals surface area contributed by atoms with Gasteiger partial charge >= 0.3 is 0 Å². The number of fused-ring (bicyclic) bond motifs is 1. The molecule has 16 heavy (non-hydrogen) atoms. The van der Waals surface area contributed by atoms with Gasteiger partial charge in [-0.1, -0.05) is 6.92 Å². The van der Waals surface area contributed by atoms with E-state index in [1.807, 2.05) is 12.1 Å². The average molecular weight is 219 g/mol. The summed E-state index contributed by atoms with van der Waals surface area (Å²) in [4.78, 5) is 0. The number of methoxy groups -OCH3 is 1.